The van der Waals surface area contributed by atoms with E-state index >= 15 is 0 Å². The number of hydrogen-bond donors (Lipinski definition) is 0. The van der Waals surface area contributed by atoms with E-state index in [0.717, 1.165) is 42.0 Å². The number of rotatable bonds is 6. The quantitative estimate of drug-likeness (QED) is 0.364. The zero-order chi connectivity index (χ0) is 24.0. The smallest absolute Gasteiger partial charge is 0.356 e. The third-order valence-corrected chi connectivity index (χ3v) is 5.99. The Kier molecular flexibility index (Phi) is 8.51. The lowest BCUT2D eigenvalue weighted by Gasteiger charge is -2.21. The van der Waals surface area contributed by atoms with Crippen molar-refractivity contribution in [2.75, 3.05) is 45.2 Å². The molecule has 0 N–H and O–H groups in total. The number of aromatic nitrogens is 4. The maximum atomic E-state index is 11.5. The molecule has 0 bridgehead atoms. The Morgan fingerprint density at radius 3 is 2.85 bits per heavy atom. The van der Waals surface area contributed by atoms with Crippen LogP contribution in [0.2, 0.25) is 0 Å². The standard InChI is InChI=1S/C15H23N3O2.C8H6BrN3O/c1-4-17(2)10-12-8-9-18(11-12)14-7-5-6-13(16-14)15(19)20-3;1-5-2-6(9)3-12-8(5)10-7(4-13)11-12/h5-7,12H,4,8-11H2,1-3H3;2-4H,1H3. The van der Waals surface area contributed by atoms with Gasteiger partial charge in [0.2, 0.25) is 5.82 Å². The number of esters is 1. The molecule has 0 aliphatic carbocycles. The first kappa shape index (κ1) is 24.8. The summed E-state index contributed by atoms with van der Waals surface area (Å²) >= 11 is 3.34. The van der Waals surface area contributed by atoms with Gasteiger partial charge in [-0.15, -0.1) is 5.10 Å². The van der Waals surface area contributed by atoms with Crippen molar-refractivity contribution in [3.05, 3.63) is 52.0 Å². The van der Waals surface area contributed by atoms with E-state index in [9.17, 15) is 9.59 Å². The first-order valence-corrected chi connectivity index (χ1v) is 11.6. The van der Waals surface area contributed by atoms with Crippen molar-refractivity contribution in [1.82, 2.24) is 24.5 Å². The van der Waals surface area contributed by atoms with Crippen LogP contribution in [0.3, 0.4) is 0 Å². The molecule has 1 aliphatic rings. The average molecular weight is 517 g/mol. The minimum absolute atomic E-state index is 0.209. The van der Waals surface area contributed by atoms with Crippen molar-refractivity contribution in [2.45, 2.75) is 20.3 Å². The van der Waals surface area contributed by atoms with E-state index in [4.69, 9.17) is 4.74 Å². The molecule has 1 unspecified atom stereocenters. The van der Waals surface area contributed by atoms with Gasteiger partial charge in [0, 0.05) is 30.3 Å². The van der Waals surface area contributed by atoms with Crippen molar-refractivity contribution in [2.24, 2.45) is 5.92 Å². The number of aryl methyl sites for hydroxylation is 1. The van der Waals surface area contributed by atoms with E-state index in [1.54, 1.807) is 16.8 Å². The number of carbonyl (C=O) groups is 2. The van der Waals surface area contributed by atoms with Gasteiger partial charge in [0.1, 0.15) is 5.82 Å². The predicted molar refractivity (Wildman–Crippen MR) is 130 cm³/mol. The van der Waals surface area contributed by atoms with Crippen molar-refractivity contribution >= 4 is 39.7 Å². The fourth-order valence-electron chi connectivity index (χ4n) is 3.75. The van der Waals surface area contributed by atoms with Gasteiger partial charge in [-0.05, 0) is 72.5 Å². The maximum Gasteiger partial charge on any atom is 0.356 e. The Labute approximate surface area is 201 Å². The average Bonchev–Trinajstić information content (AvgIpc) is 3.46. The molecular weight excluding hydrogens is 488 g/mol. The molecule has 3 aromatic rings. The van der Waals surface area contributed by atoms with Crippen LogP contribution in [0.25, 0.3) is 5.65 Å². The zero-order valence-corrected chi connectivity index (χ0v) is 20.9. The van der Waals surface area contributed by atoms with E-state index < -0.39 is 0 Å². The SMILES string of the molecule is CCN(C)CC1CCN(c2cccc(C(=O)OC)n2)C1.Cc1cc(Br)cn2nc(C=O)nc12. The first-order chi connectivity index (χ1) is 15.8. The number of methoxy groups -OCH3 is 1. The summed E-state index contributed by atoms with van der Waals surface area (Å²) in [5.41, 5.74) is 2.07. The Morgan fingerprint density at radius 1 is 1.36 bits per heavy atom. The molecule has 0 radical (unpaired) electrons. The third-order valence-electron chi connectivity index (χ3n) is 5.55. The molecule has 10 heteroatoms. The number of pyridine rings is 2. The molecule has 1 atom stereocenters. The highest BCUT2D eigenvalue weighted by molar-refractivity contribution is 9.10. The van der Waals surface area contributed by atoms with Gasteiger partial charge in [-0.25, -0.2) is 19.3 Å². The molecular formula is C23H29BrN6O3. The summed E-state index contributed by atoms with van der Waals surface area (Å²) in [6, 6.07) is 7.44. The van der Waals surface area contributed by atoms with Gasteiger partial charge in [-0.1, -0.05) is 13.0 Å². The normalized spacial score (nSPS) is 15.5. The van der Waals surface area contributed by atoms with E-state index in [1.165, 1.54) is 13.5 Å². The van der Waals surface area contributed by atoms with E-state index in [1.807, 2.05) is 25.1 Å². The van der Waals surface area contributed by atoms with Crippen molar-refractivity contribution in [1.29, 1.82) is 0 Å². The summed E-state index contributed by atoms with van der Waals surface area (Å²) < 4.78 is 7.22. The molecule has 0 spiro atoms. The third kappa shape index (κ3) is 6.35. The van der Waals surface area contributed by atoms with Crippen LogP contribution in [0.4, 0.5) is 5.82 Å². The first-order valence-electron chi connectivity index (χ1n) is 10.8. The highest BCUT2D eigenvalue weighted by atomic mass is 79.9. The molecule has 33 heavy (non-hydrogen) atoms. The van der Waals surface area contributed by atoms with Crippen LogP contribution in [-0.4, -0.2) is 77.1 Å². The van der Waals surface area contributed by atoms with Gasteiger partial charge in [0.15, 0.2) is 17.6 Å². The second-order valence-corrected chi connectivity index (χ2v) is 8.94. The fraction of sp³-hybridized carbons (Fsp3) is 0.435. The van der Waals surface area contributed by atoms with Crippen LogP contribution in [-0.2, 0) is 4.74 Å². The van der Waals surface area contributed by atoms with Gasteiger partial charge in [0.25, 0.3) is 0 Å². The number of halogens is 1. The number of aldehydes is 1. The van der Waals surface area contributed by atoms with E-state index in [2.05, 4.69) is 54.8 Å². The van der Waals surface area contributed by atoms with Crippen LogP contribution in [0.5, 0.6) is 0 Å². The lowest BCUT2D eigenvalue weighted by Crippen LogP contribution is -2.28. The maximum absolute atomic E-state index is 11.5. The van der Waals surface area contributed by atoms with Crippen LogP contribution in [0.1, 0.15) is 40.0 Å². The molecule has 176 valence electrons. The van der Waals surface area contributed by atoms with Crippen LogP contribution in [0, 0.1) is 12.8 Å². The Morgan fingerprint density at radius 2 is 2.15 bits per heavy atom. The molecule has 1 aliphatic heterocycles. The molecule has 0 aromatic carbocycles. The molecule has 3 aromatic heterocycles. The number of fused-ring (bicyclic) bond motifs is 1. The van der Waals surface area contributed by atoms with Crippen molar-refractivity contribution in [3.63, 3.8) is 0 Å². The summed E-state index contributed by atoms with van der Waals surface area (Å²) in [6.07, 6.45) is 3.58. The minimum atomic E-state index is -0.381. The monoisotopic (exact) mass is 516 g/mol. The predicted octanol–water partition coefficient (Wildman–Crippen LogP) is 3.26. The summed E-state index contributed by atoms with van der Waals surface area (Å²) in [5, 5.41) is 3.96. The largest absolute Gasteiger partial charge is 0.464 e. The molecule has 1 fully saturated rings. The molecule has 4 heterocycles. The van der Waals surface area contributed by atoms with E-state index in [-0.39, 0.29) is 11.8 Å². The second kappa shape index (κ2) is 11.3. The number of anilines is 1. The van der Waals surface area contributed by atoms with Crippen LogP contribution >= 0.6 is 15.9 Å². The summed E-state index contributed by atoms with van der Waals surface area (Å²) in [5.74, 6) is 1.37. The number of hydrogen-bond acceptors (Lipinski definition) is 8. The van der Waals surface area contributed by atoms with Gasteiger partial charge >= 0.3 is 5.97 Å². The Balaban J connectivity index is 0.000000203. The number of nitrogens with zero attached hydrogens (tertiary/aromatic N) is 6. The second-order valence-electron chi connectivity index (χ2n) is 8.03. The number of ether oxygens (including phenoxy) is 1. The van der Waals surface area contributed by atoms with Gasteiger partial charge < -0.3 is 14.5 Å². The van der Waals surface area contributed by atoms with Gasteiger partial charge in [0.05, 0.1) is 7.11 Å². The van der Waals surface area contributed by atoms with Gasteiger partial charge in [-0.2, -0.15) is 0 Å². The topological polar surface area (TPSA) is 92.9 Å². The van der Waals surface area contributed by atoms with Gasteiger partial charge in [-0.3, -0.25) is 4.79 Å². The summed E-state index contributed by atoms with van der Waals surface area (Å²) in [4.78, 5) is 35.0. The Bertz CT molecular complexity index is 1120. The van der Waals surface area contributed by atoms with Crippen LogP contribution < -0.4 is 4.90 Å². The highest BCUT2D eigenvalue weighted by Gasteiger charge is 2.24. The zero-order valence-electron chi connectivity index (χ0n) is 19.4. The van der Waals surface area contributed by atoms with E-state index in [0.29, 0.717) is 23.5 Å². The Hall–Kier alpha value is -2.85. The summed E-state index contributed by atoms with van der Waals surface area (Å²) in [6.45, 7) is 8.29. The number of carbonyl (C=O) groups excluding carboxylic acids is 2. The minimum Gasteiger partial charge on any atom is -0.464 e. The van der Waals surface area contributed by atoms with Crippen LogP contribution in [0.15, 0.2) is 34.9 Å². The molecule has 9 nitrogen and oxygen atoms in total. The molecule has 0 amide bonds. The van der Waals surface area contributed by atoms with Crippen molar-refractivity contribution < 1.29 is 14.3 Å². The summed E-state index contributed by atoms with van der Waals surface area (Å²) in [7, 11) is 3.53. The lowest BCUT2D eigenvalue weighted by atomic mass is 10.1. The van der Waals surface area contributed by atoms with Crippen molar-refractivity contribution in [3.8, 4) is 0 Å². The highest BCUT2D eigenvalue weighted by Crippen LogP contribution is 2.23. The molecule has 1 saturated heterocycles. The lowest BCUT2D eigenvalue weighted by molar-refractivity contribution is 0.0594. The molecule has 4 rings (SSSR count). The molecule has 0 saturated carbocycles. The fourth-order valence-corrected chi connectivity index (χ4v) is 4.29.